The van der Waals surface area contributed by atoms with E-state index in [0.717, 1.165) is 17.0 Å². The molecular weight excluding hydrogens is 376 g/mol. The van der Waals surface area contributed by atoms with E-state index < -0.39 is 0 Å². The minimum absolute atomic E-state index is 0.382. The molecule has 31 heavy (non-hydrogen) atoms. The molecule has 0 spiro atoms. The number of allylic oxidation sites excluding steroid dienone is 5. The van der Waals surface area contributed by atoms with Gasteiger partial charge in [0.25, 0.3) is 0 Å². The van der Waals surface area contributed by atoms with Crippen LogP contribution in [0.15, 0.2) is 108 Å². The fraction of sp³-hybridized carbons (Fsp3) is 0.138. The summed E-state index contributed by atoms with van der Waals surface area (Å²) >= 11 is 0. The van der Waals surface area contributed by atoms with Gasteiger partial charge in [-0.25, -0.2) is 0 Å². The van der Waals surface area contributed by atoms with Crippen LogP contribution in [0.4, 0.5) is 5.69 Å². The van der Waals surface area contributed by atoms with Crippen molar-refractivity contribution in [2.24, 2.45) is 12.0 Å². The molecule has 4 aromatic rings. The molecule has 2 heteroatoms. The number of hydrogen-bond acceptors (Lipinski definition) is 1. The summed E-state index contributed by atoms with van der Waals surface area (Å²) in [5.74, 6) is 0. The molecule has 1 aliphatic rings. The Labute approximate surface area is 183 Å². The van der Waals surface area contributed by atoms with Crippen LogP contribution in [0.25, 0.3) is 21.8 Å². The largest absolute Gasteiger partial charge is 0.343 e. The maximum Gasteiger partial charge on any atom is 0.0700 e. The van der Waals surface area contributed by atoms with Crippen LogP contribution in [0.3, 0.4) is 0 Å². The van der Waals surface area contributed by atoms with Gasteiger partial charge in [0, 0.05) is 28.9 Å². The standard InChI is InChI=1S/C29H26N2/c1-5-12-20(13-6-2)28-29(3,21-14-8-7-9-15-21)26-24(30-28)19-18-23-22-16-10-11-17-25(22)31(4)27(23)26/h5-19H,1H2,2-4H3/b13-6-,20-12+. The van der Waals surface area contributed by atoms with Crippen LogP contribution in [0, 0.1) is 0 Å². The van der Waals surface area contributed by atoms with Crippen LogP contribution >= 0.6 is 0 Å². The first-order chi connectivity index (χ1) is 15.1. The molecule has 5 rings (SSSR count). The zero-order chi connectivity index (χ0) is 21.6. The van der Waals surface area contributed by atoms with Crippen LogP contribution in [-0.2, 0) is 12.5 Å². The van der Waals surface area contributed by atoms with E-state index in [1.165, 1.54) is 32.9 Å². The van der Waals surface area contributed by atoms with E-state index in [1.807, 2.05) is 13.0 Å². The highest BCUT2D eigenvalue weighted by Gasteiger charge is 2.43. The average molecular weight is 403 g/mol. The molecule has 1 aliphatic heterocycles. The fourth-order valence-electron chi connectivity index (χ4n) is 5.12. The van der Waals surface area contributed by atoms with Gasteiger partial charge < -0.3 is 4.57 Å². The second kappa shape index (κ2) is 7.24. The molecule has 2 nitrogen and oxygen atoms in total. The molecule has 0 N–H and O–H groups in total. The summed E-state index contributed by atoms with van der Waals surface area (Å²) in [5.41, 5.74) is 7.81. The van der Waals surface area contributed by atoms with E-state index in [0.29, 0.717) is 0 Å². The molecule has 1 unspecified atom stereocenters. The highest BCUT2D eigenvalue weighted by Crippen LogP contribution is 2.51. The number of nitrogens with zero attached hydrogens (tertiary/aromatic N) is 2. The normalized spacial score (nSPS) is 18.7. The smallest absolute Gasteiger partial charge is 0.0700 e. The number of aryl methyl sites for hydroxylation is 1. The van der Waals surface area contributed by atoms with Crippen LogP contribution in [0.1, 0.15) is 25.0 Å². The van der Waals surface area contributed by atoms with E-state index in [-0.39, 0.29) is 5.41 Å². The lowest BCUT2D eigenvalue weighted by Gasteiger charge is -2.30. The zero-order valence-corrected chi connectivity index (χ0v) is 18.3. The number of rotatable bonds is 4. The topological polar surface area (TPSA) is 17.3 Å². The summed E-state index contributed by atoms with van der Waals surface area (Å²) in [6.45, 7) is 8.30. The molecule has 0 saturated carbocycles. The predicted octanol–water partition coefficient (Wildman–Crippen LogP) is 7.41. The number of aromatic nitrogens is 1. The number of benzene rings is 3. The van der Waals surface area contributed by atoms with Crippen molar-refractivity contribution in [3.05, 3.63) is 114 Å². The van der Waals surface area contributed by atoms with Gasteiger partial charge in [0.2, 0.25) is 0 Å². The molecule has 2 heterocycles. The minimum Gasteiger partial charge on any atom is -0.343 e. The van der Waals surface area contributed by atoms with Crippen molar-refractivity contribution in [3.8, 4) is 0 Å². The number of hydrogen-bond donors (Lipinski definition) is 0. The maximum atomic E-state index is 5.22. The molecule has 1 atom stereocenters. The van der Waals surface area contributed by atoms with Gasteiger partial charge in [-0.2, -0.15) is 0 Å². The predicted molar refractivity (Wildman–Crippen MR) is 134 cm³/mol. The average Bonchev–Trinajstić information content (AvgIpc) is 3.27. The Bertz CT molecular complexity index is 1410. The van der Waals surface area contributed by atoms with E-state index in [9.17, 15) is 0 Å². The number of para-hydroxylation sites is 1. The first kappa shape index (κ1) is 19.3. The maximum absolute atomic E-state index is 5.22. The van der Waals surface area contributed by atoms with Crippen molar-refractivity contribution in [1.82, 2.24) is 4.57 Å². The molecule has 0 radical (unpaired) electrons. The quantitative estimate of drug-likeness (QED) is 0.316. The Kier molecular flexibility index (Phi) is 4.51. The van der Waals surface area contributed by atoms with Crippen LogP contribution < -0.4 is 0 Å². The summed E-state index contributed by atoms with van der Waals surface area (Å²) in [5, 5.41) is 2.55. The van der Waals surface area contributed by atoms with Crippen LogP contribution in [0.5, 0.6) is 0 Å². The van der Waals surface area contributed by atoms with Crippen molar-refractivity contribution in [3.63, 3.8) is 0 Å². The van der Waals surface area contributed by atoms with E-state index in [4.69, 9.17) is 4.99 Å². The van der Waals surface area contributed by atoms with Crippen molar-refractivity contribution < 1.29 is 0 Å². The third kappa shape index (κ3) is 2.68. The Hall–Kier alpha value is -3.65. The fourth-order valence-corrected chi connectivity index (χ4v) is 5.12. The highest BCUT2D eigenvalue weighted by atomic mass is 15.0. The molecule has 0 bridgehead atoms. The first-order valence-corrected chi connectivity index (χ1v) is 10.7. The molecule has 3 aromatic carbocycles. The van der Waals surface area contributed by atoms with Gasteiger partial charge in [0.05, 0.1) is 22.3 Å². The second-order valence-electron chi connectivity index (χ2n) is 8.24. The van der Waals surface area contributed by atoms with Gasteiger partial charge >= 0.3 is 0 Å². The summed E-state index contributed by atoms with van der Waals surface area (Å²) < 4.78 is 2.33. The van der Waals surface area contributed by atoms with Crippen molar-refractivity contribution in [2.75, 3.05) is 0 Å². The van der Waals surface area contributed by atoms with Gasteiger partial charge in [0.15, 0.2) is 0 Å². The first-order valence-electron chi connectivity index (χ1n) is 10.7. The van der Waals surface area contributed by atoms with Crippen LogP contribution in [-0.4, -0.2) is 10.3 Å². The summed E-state index contributed by atoms with van der Waals surface area (Å²) in [7, 11) is 2.17. The lowest BCUT2D eigenvalue weighted by Crippen LogP contribution is -2.32. The van der Waals surface area contributed by atoms with E-state index >= 15 is 0 Å². The van der Waals surface area contributed by atoms with Crippen molar-refractivity contribution >= 4 is 33.2 Å². The summed E-state index contributed by atoms with van der Waals surface area (Å²) in [4.78, 5) is 5.22. The van der Waals surface area contributed by atoms with Crippen molar-refractivity contribution in [2.45, 2.75) is 19.3 Å². The minimum atomic E-state index is -0.382. The SMILES string of the molecule is C=C/C=C(\C=C/C)C1=Nc2ccc3c4ccccc4n(C)c3c2C1(C)c1ccccc1. The molecule has 0 saturated heterocycles. The van der Waals surface area contributed by atoms with Gasteiger partial charge in [-0.15, -0.1) is 0 Å². The Morgan fingerprint density at radius 3 is 2.45 bits per heavy atom. The third-order valence-electron chi connectivity index (χ3n) is 6.52. The van der Waals surface area contributed by atoms with Gasteiger partial charge in [-0.1, -0.05) is 85.5 Å². The second-order valence-corrected chi connectivity index (χ2v) is 8.24. The summed E-state index contributed by atoms with van der Waals surface area (Å²) in [6, 6.07) is 23.8. The number of aliphatic imine (C=N–C) groups is 1. The van der Waals surface area contributed by atoms with Crippen molar-refractivity contribution in [1.29, 1.82) is 0 Å². The molecule has 1 aromatic heterocycles. The highest BCUT2D eigenvalue weighted by molar-refractivity contribution is 6.20. The van der Waals surface area contributed by atoms with E-state index in [1.54, 1.807) is 0 Å². The molecule has 0 fully saturated rings. The zero-order valence-electron chi connectivity index (χ0n) is 18.3. The monoisotopic (exact) mass is 402 g/mol. The van der Waals surface area contributed by atoms with Gasteiger partial charge in [0.1, 0.15) is 0 Å². The summed E-state index contributed by atoms with van der Waals surface area (Å²) in [6.07, 6.45) is 8.11. The Morgan fingerprint density at radius 2 is 1.71 bits per heavy atom. The van der Waals surface area contributed by atoms with E-state index in [2.05, 4.69) is 110 Å². The molecule has 0 amide bonds. The van der Waals surface area contributed by atoms with Gasteiger partial charge in [-0.3, -0.25) is 4.99 Å². The lowest BCUT2D eigenvalue weighted by molar-refractivity contribution is 0.793. The molecule has 0 aliphatic carbocycles. The number of fused-ring (bicyclic) bond motifs is 5. The third-order valence-corrected chi connectivity index (χ3v) is 6.52. The lowest BCUT2D eigenvalue weighted by atomic mass is 9.71. The molecule has 152 valence electrons. The molecular formula is C29H26N2. The Morgan fingerprint density at radius 1 is 0.968 bits per heavy atom. The van der Waals surface area contributed by atoms with Crippen LogP contribution in [0.2, 0.25) is 0 Å². The van der Waals surface area contributed by atoms with Gasteiger partial charge in [-0.05, 0) is 37.1 Å². The Balaban J connectivity index is 1.92.